The molecule has 0 aliphatic heterocycles. The van der Waals surface area contributed by atoms with E-state index in [1.54, 1.807) is 12.1 Å². The van der Waals surface area contributed by atoms with Crippen molar-refractivity contribution in [3.05, 3.63) is 135 Å². The number of halogens is 12. The van der Waals surface area contributed by atoms with E-state index in [0.29, 0.717) is 46.5 Å². The first-order valence-electron chi connectivity index (χ1n) is 16.5. The molecule has 0 fully saturated rings. The van der Waals surface area contributed by atoms with E-state index in [1.165, 1.54) is 48.5 Å². The number of allylic oxidation sites excluding steroid dienone is 1. The van der Waals surface area contributed by atoms with Gasteiger partial charge in [-0.1, -0.05) is 24.3 Å². The Morgan fingerprint density at radius 2 is 0.828 bits per heavy atom. The number of rotatable bonds is 3. The molecule has 16 heteroatoms. The van der Waals surface area contributed by atoms with Gasteiger partial charge in [-0.3, -0.25) is 0 Å². The highest BCUT2D eigenvalue weighted by atomic mass is 19.4. The fraction of sp³-hybridized carbons (Fsp3) is 0.143. The van der Waals surface area contributed by atoms with E-state index >= 15 is 0 Å². The van der Waals surface area contributed by atoms with Crippen LogP contribution in [0.2, 0.25) is 0 Å². The second-order valence-electron chi connectivity index (χ2n) is 13.3. The van der Waals surface area contributed by atoms with E-state index < -0.39 is 75.5 Å². The zero-order valence-electron chi connectivity index (χ0n) is 28.6. The van der Waals surface area contributed by atoms with Crippen molar-refractivity contribution >= 4 is 5.57 Å². The van der Waals surface area contributed by atoms with Gasteiger partial charge < -0.3 is 0 Å². The van der Waals surface area contributed by atoms with E-state index in [-0.39, 0.29) is 51.1 Å². The van der Waals surface area contributed by atoms with Gasteiger partial charge in [0.15, 0.2) is 0 Å². The van der Waals surface area contributed by atoms with Crippen LogP contribution in [0.3, 0.4) is 0 Å². The van der Waals surface area contributed by atoms with Crippen molar-refractivity contribution < 1.29 is 52.7 Å². The SMILES string of the molecule is N#CC(C#N)=C1c2cc(-c3cc(C(F)(F)F)cc(C(F)(F)F)c3)ccc2-c2cc3c(cc21)-c1ccc(-c2cc(C(F)(F)F)cc(C(F)(F)F)c2)cc1C3C(C#N)C#N. The van der Waals surface area contributed by atoms with Gasteiger partial charge in [0, 0.05) is 11.5 Å². The van der Waals surface area contributed by atoms with Crippen LogP contribution in [0, 0.1) is 51.2 Å². The Morgan fingerprint density at radius 3 is 1.26 bits per heavy atom. The van der Waals surface area contributed by atoms with Crippen LogP contribution in [0.5, 0.6) is 0 Å². The summed E-state index contributed by atoms with van der Waals surface area (Å²) in [5.74, 6) is -2.59. The van der Waals surface area contributed by atoms with Gasteiger partial charge in [0.05, 0.1) is 34.4 Å². The summed E-state index contributed by atoms with van der Waals surface area (Å²) in [6.45, 7) is 0. The average molecular weight is 805 g/mol. The molecule has 0 saturated carbocycles. The molecule has 5 aromatic carbocycles. The molecule has 0 heterocycles. The number of alkyl halides is 12. The minimum absolute atomic E-state index is 0.0273. The van der Waals surface area contributed by atoms with E-state index in [0.717, 1.165) is 0 Å². The highest BCUT2D eigenvalue weighted by Crippen LogP contribution is 2.56. The standard InChI is InChI=1S/C42H16F12N4/c43-39(44,45)25-5-21(6-26(11-25)40(46,47)48)19-1-3-29-31-13-36-32(14-35(31)37(33(29)9-19)23(15-55)16-56)30-4-2-20(10-34(30)38(36)24(17-57)18-58)22-7-27(41(49,50)51)12-28(8-22)42(52,53)54/h1-14,23,37H. The molecule has 0 spiro atoms. The zero-order valence-corrected chi connectivity index (χ0v) is 28.6. The van der Waals surface area contributed by atoms with Crippen LogP contribution in [-0.4, -0.2) is 0 Å². The van der Waals surface area contributed by atoms with Crippen molar-refractivity contribution in [1.82, 2.24) is 0 Å². The van der Waals surface area contributed by atoms with Gasteiger partial charge in [0.2, 0.25) is 0 Å². The molecule has 4 nitrogen and oxygen atoms in total. The van der Waals surface area contributed by atoms with Gasteiger partial charge in [0.25, 0.3) is 0 Å². The predicted molar refractivity (Wildman–Crippen MR) is 182 cm³/mol. The predicted octanol–water partition coefficient (Wildman–Crippen LogP) is 12.7. The summed E-state index contributed by atoms with van der Waals surface area (Å²) in [5.41, 5.74) is -6.00. The third kappa shape index (κ3) is 6.57. The first-order valence-corrected chi connectivity index (χ1v) is 16.5. The van der Waals surface area contributed by atoms with Gasteiger partial charge in [0.1, 0.15) is 23.6 Å². The normalized spacial score (nSPS) is 14.4. The molecule has 7 rings (SSSR count). The lowest BCUT2D eigenvalue weighted by molar-refractivity contribution is -0.144. The molecule has 5 aromatic rings. The highest BCUT2D eigenvalue weighted by molar-refractivity contribution is 6.07. The maximum absolute atomic E-state index is 13.7. The lowest BCUT2D eigenvalue weighted by Gasteiger charge is -2.17. The largest absolute Gasteiger partial charge is 0.416 e. The second kappa shape index (κ2) is 13.3. The molecule has 0 amide bonds. The van der Waals surface area contributed by atoms with Gasteiger partial charge in [-0.2, -0.15) is 73.7 Å². The summed E-state index contributed by atoms with van der Waals surface area (Å²) in [6, 6.07) is 20.0. The number of benzene rings is 5. The van der Waals surface area contributed by atoms with Crippen molar-refractivity contribution in [1.29, 1.82) is 21.0 Å². The van der Waals surface area contributed by atoms with E-state index in [4.69, 9.17) is 0 Å². The fourth-order valence-corrected chi connectivity index (χ4v) is 7.45. The van der Waals surface area contributed by atoms with Crippen molar-refractivity contribution in [3.63, 3.8) is 0 Å². The molecular weight excluding hydrogens is 788 g/mol. The Balaban J connectivity index is 1.43. The molecule has 1 atom stereocenters. The highest BCUT2D eigenvalue weighted by Gasteiger charge is 2.41. The molecule has 0 N–H and O–H groups in total. The van der Waals surface area contributed by atoms with Crippen LogP contribution in [0.1, 0.15) is 50.4 Å². The van der Waals surface area contributed by atoms with Gasteiger partial charge in [-0.15, -0.1) is 0 Å². The maximum Gasteiger partial charge on any atom is 0.416 e. The van der Waals surface area contributed by atoms with E-state index in [2.05, 4.69) is 0 Å². The van der Waals surface area contributed by atoms with Crippen LogP contribution in [0.25, 0.3) is 50.1 Å². The van der Waals surface area contributed by atoms with Crippen LogP contribution >= 0.6 is 0 Å². The molecule has 2 aliphatic carbocycles. The number of nitrogens with zero attached hydrogens (tertiary/aromatic N) is 4. The minimum atomic E-state index is -5.15. The average Bonchev–Trinajstić information content (AvgIpc) is 3.64. The molecule has 1 unspecified atom stereocenters. The second-order valence-corrected chi connectivity index (χ2v) is 13.3. The van der Waals surface area contributed by atoms with Crippen LogP contribution in [0.4, 0.5) is 52.7 Å². The summed E-state index contributed by atoms with van der Waals surface area (Å²) in [5, 5.41) is 40.1. The zero-order chi connectivity index (χ0) is 42.3. The summed E-state index contributed by atoms with van der Waals surface area (Å²) in [6.07, 6.45) is -20.6. The lowest BCUT2D eigenvalue weighted by atomic mass is 9.83. The summed E-state index contributed by atoms with van der Waals surface area (Å²) in [4.78, 5) is 0. The maximum atomic E-state index is 13.7. The van der Waals surface area contributed by atoms with E-state index in [1.807, 2.05) is 12.1 Å². The molecule has 0 radical (unpaired) electrons. The summed E-state index contributed by atoms with van der Waals surface area (Å²) >= 11 is 0. The third-order valence-electron chi connectivity index (χ3n) is 9.98. The Bertz CT molecular complexity index is 2700. The number of hydrogen-bond donors (Lipinski definition) is 0. The molecule has 288 valence electrons. The Kier molecular flexibility index (Phi) is 8.98. The number of fused-ring (bicyclic) bond motifs is 6. The van der Waals surface area contributed by atoms with Gasteiger partial charge in [-0.25, -0.2) is 0 Å². The third-order valence-corrected chi connectivity index (χ3v) is 9.98. The van der Waals surface area contributed by atoms with Crippen molar-refractivity contribution in [2.45, 2.75) is 30.6 Å². The fourth-order valence-electron chi connectivity index (χ4n) is 7.45. The van der Waals surface area contributed by atoms with Gasteiger partial charge >= 0.3 is 24.7 Å². The first-order chi connectivity index (χ1) is 27.1. The first kappa shape index (κ1) is 39.2. The van der Waals surface area contributed by atoms with Gasteiger partial charge in [-0.05, 0) is 127 Å². The molecule has 2 aliphatic rings. The molecule has 0 bridgehead atoms. The monoisotopic (exact) mass is 804 g/mol. The molecule has 58 heavy (non-hydrogen) atoms. The number of hydrogen-bond acceptors (Lipinski definition) is 4. The quantitative estimate of drug-likeness (QED) is 0.131. The Hall–Kier alpha value is -7.04. The van der Waals surface area contributed by atoms with E-state index in [9.17, 15) is 73.7 Å². The Morgan fingerprint density at radius 1 is 0.414 bits per heavy atom. The summed E-state index contributed by atoms with van der Waals surface area (Å²) in [7, 11) is 0. The molecule has 0 aromatic heterocycles. The van der Waals surface area contributed by atoms with Crippen molar-refractivity contribution in [2.24, 2.45) is 5.92 Å². The smallest absolute Gasteiger partial charge is 0.197 e. The topological polar surface area (TPSA) is 95.2 Å². The molecule has 0 saturated heterocycles. The van der Waals surface area contributed by atoms with Crippen molar-refractivity contribution in [2.75, 3.05) is 0 Å². The van der Waals surface area contributed by atoms with Crippen molar-refractivity contribution in [3.8, 4) is 68.8 Å². The summed E-state index contributed by atoms with van der Waals surface area (Å²) < 4.78 is 165. The molecular formula is C42H16F12N4. The minimum Gasteiger partial charge on any atom is -0.197 e. The lowest BCUT2D eigenvalue weighted by Crippen LogP contribution is -2.11. The van der Waals surface area contributed by atoms with Crippen LogP contribution in [0.15, 0.2) is 90.5 Å². The van der Waals surface area contributed by atoms with Crippen LogP contribution in [-0.2, 0) is 24.7 Å². The van der Waals surface area contributed by atoms with Crippen LogP contribution < -0.4 is 0 Å². The Labute approximate surface area is 319 Å². The number of nitriles is 4.